The van der Waals surface area contributed by atoms with Crippen LogP contribution in [0.25, 0.3) is 0 Å². The van der Waals surface area contributed by atoms with Crippen LogP contribution in [0.1, 0.15) is 20.3 Å². The molecular weight excluding hydrogens is 616 g/mol. The normalized spacial score (nSPS) is 20.6. The average molecular weight is 641 g/mol. The van der Waals surface area contributed by atoms with E-state index in [1.165, 1.54) is 23.6 Å². The number of rotatable bonds is 9. The Morgan fingerprint density at radius 3 is 2.64 bits per heavy atom. The predicted octanol–water partition coefficient (Wildman–Crippen LogP) is -1.49. The molecule has 3 aliphatic heterocycles. The van der Waals surface area contributed by atoms with Crippen molar-refractivity contribution in [2.45, 2.75) is 35.6 Å². The minimum absolute atomic E-state index is 0. The number of allylic oxidation sites excluding steroid dienone is 1. The van der Waals surface area contributed by atoms with Gasteiger partial charge in [-0.1, -0.05) is 35.2 Å². The third-order valence-electron chi connectivity index (χ3n) is 6.40. The number of aromatic hydroxyl groups is 1. The molecule has 2 fully saturated rings. The molecule has 5 rings (SSSR count). The summed E-state index contributed by atoms with van der Waals surface area (Å²) in [4.78, 5) is 64.7. The van der Waals surface area contributed by atoms with Gasteiger partial charge in [-0.05, 0) is 35.8 Å². The van der Waals surface area contributed by atoms with E-state index in [0.717, 1.165) is 28.7 Å². The quantitative estimate of drug-likeness (QED) is 0.0824. The number of β-lactam (4-membered cyclic amide) rings is 1. The molecule has 3 aliphatic rings. The summed E-state index contributed by atoms with van der Waals surface area (Å²) in [5.41, 5.74) is 1.50. The maximum absolute atomic E-state index is 13.0. The molecule has 2 saturated heterocycles. The van der Waals surface area contributed by atoms with Crippen LogP contribution in [0.15, 0.2) is 51.5 Å². The number of benzene rings is 1. The van der Waals surface area contributed by atoms with Crippen molar-refractivity contribution in [2.24, 2.45) is 0 Å². The summed E-state index contributed by atoms with van der Waals surface area (Å²) < 4.78 is 0.467. The zero-order chi connectivity index (χ0) is 29.3. The van der Waals surface area contributed by atoms with Gasteiger partial charge in [0.25, 0.3) is 5.91 Å². The number of phenolic OH excluding ortho intramolecular Hbond substituents is 1. The first-order valence-electron chi connectivity index (χ1n) is 12.3. The largest absolute Gasteiger partial charge is 1.00 e. The number of carboxylic acid groups (broad SMARTS) is 1. The van der Waals surface area contributed by atoms with E-state index < -0.39 is 29.2 Å². The maximum Gasteiger partial charge on any atom is 1.00 e. The number of aliphatic carboxylic acids is 1. The number of fused-ring (bicyclic) bond motifs is 1. The number of nitrogens with zero attached hydrogens (tertiary/aromatic N) is 4. The van der Waals surface area contributed by atoms with Crippen LogP contribution < -0.4 is 40.2 Å². The van der Waals surface area contributed by atoms with Gasteiger partial charge >= 0.3 is 35.5 Å². The van der Waals surface area contributed by atoms with Crippen LogP contribution in [-0.4, -0.2) is 89.3 Å². The number of phenols is 1. The fourth-order valence-electron chi connectivity index (χ4n) is 4.55. The monoisotopic (exact) mass is 640 g/mol. The second-order valence-corrected chi connectivity index (χ2v) is 12.6. The molecule has 2 atom stereocenters. The zero-order valence-electron chi connectivity index (χ0n) is 23.5. The van der Waals surface area contributed by atoms with Crippen LogP contribution in [0.2, 0.25) is 0 Å². The van der Waals surface area contributed by atoms with Crippen molar-refractivity contribution in [1.82, 2.24) is 25.3 Å². The second kappa shape index (κ2) is 13.6. The zero-order valence-corrected chi connectivity index (χ0v) is 27.0. The number of carboxylic acids is 1. The van der Waals surface area contributed by atoms with Gasteiger partial charge in [-0.2, -0.15) is 0 Å². The van der Waals surface area contributed by atoms with E-state index in [1.807, 2.05) is 0 Å². The fraction of sp³-hybridized carbons (Fsp3) is 0.320. The first kappa shape index (κ1) is 32.0. The Hall–Kier alpha value is -2.89. The van der Waals surface area contributed by atoms with E-state index >= 15 is 0 Å². The Kier molecular flexibility index (Phi) is 10.4. The predicted molar refractivity (Wildman–Crippen MR) is 152 cm³/mol. The second-order valence-electron chi connectivity index (χ2n) is 9.29. The Labute approximate surface area is 276 Å². The smallest absolute Gasteiger partial charge is 1.00 e. The summed E-state index contributed by atoms with van der Waals surface area (Å²) in [5, 5.41) is 32.0. The van der Waals surface area contributed by atoms with Gasteiger partial charge in [0.2, 0.25) is 22.9 Å². The van der Waals surface area contributed by atoms with E-state index in [4.69, 9.17) is 0 Å². The summed E-state index contributed by atoms with van der Waals surface area (Å²) in [5.74, 6) is -2.40. The van der Waals surface area contributed by atoms with Crippen molar-refractivity contribution in [3.63, 3.8) is 0 Å². The molecule has 4 N–H and O–H groups in total. The molecule has 4 heterocycles. The molecule has 0 radical (unpaired) electrons. The molecule has 17 heteroatoms. The molecular formula is C25H25N6NaO7S3. The summed E-state index contributed by atoms with van der Waals surface area (Å²) in [7, 11) is 0. The summed E-state index contributed by atoms with van der Waals surface area (Å²) in [6, 6.07) is 5.69. The molecule has 0 saturated carbocycles. The number of likely N-dealkylation sites (tertiary alicyclic amines) is 1. The number of carbonyl (C=O) groups excluding carboxylic acids is 4. The topological polar surface area (TPSA) is 182 Å². The third-order valence-corrected chi connectivity index (χ3v) is 9.68. The summed E-state index contributed by atoms with van der Waals surface area (Å²) in [6.07, 6.45) is 2.01. The minimum atomic E-state index is -1.28. The molecule has 0 bridgehead atoms. The minimum Gasteiger partial charge on any atom is -1.00 e. The standard InChI is InChI=1S/C25H24N6O7S3.Na.H/c1-12(32)26-24-28-29-25(41-24)40-11-17(34)27-18-21(36)31-19(23(37)38)15(10-39-22(18)31)8-14-6-7-30(20(14)35)9-13-2-4-16(33)5-3-13;;/h2-5,8,18,22,33H,6-7,9-11H2,1H3,(H,27,34)(H,37,38)(H,26,28,32);;/q;+1;-1/b14-8+;;/t18-,22-;;/m1../s1. The van der Waals surface area contributed by atoms with Crippen molar-refractivity contribution >= 4 is 69.6 Å². The Morgan fingerprint density at radius 1 is 1.21 bits per heavy atom. The Balaban J connectivity index is 0.00000253. The van der Waals surface area contributed by atoms with E-state index in [1.54, 1.807) is 35.2 Å². The molecule has 0 aliphatic carbocycles. The first-order chi connectivity index (χ1) is 19.6. The molecule has 2 aromatic rings. The van der Waals surface area contributed by atoms with Crippen LogP contribution in [-0.2, 0) is 30.5 Å². The van der Waals surface area contributed by atoms with Crippen molar-refractivity contribution in [3.8, 4) is 5.75 Å². The number of carbonyl (C=O) groups is 5. The van der Waals surface area contributed by atoms with Crippen LogP contribution in [0.4, 0.5) is 5.13 Å². The van der Waals surface area contributed by atoms with Gasteiger partial charge in [0.05, 0.1) is 5.75 Å². The van der Waals surface area contributed by atoms with Gasteiger partial charge in [-0.15, -0.1) is 22.0 Å². The van der Waals surface area contributed by atoms with Gasteiger partial charge in [0.15, 0.2) is 4.34 Å². The Bertz CT molecular complexity index is 1500. The average Bonchev–Trinajstić information content (AvgIpc) is 3.52. The van der Waals surface area contributed by atoms with Crippen molar-refractivity contribution < 1.29 is 65.2 Å². The molecule has 13 nitrogen and oxygen atoms in total. The van der Waals surface area contributed by atoms with Gasteiger partial charge in [0.1, 0.15) is 22.9 Å². The maximum atomic E-state index is 13.0. The number of nitrogens with one attached hydrogen (secondary N) is 2. The van der Waals surface area contributed by atoms with E-state index in [-0.39, 0.29) is 65.8 Å². The molecule has 4 amide bonds. The summed E-state index contributed by atoms with van der Waals surface area (Å²) >= 11 is 3.53. The molecule has 216 valence electrons. The molecule has 0 unspecified atom stereocenters. The number of hydrogen-bond acceptors (Lipinski definition) is 11. The van der Waals surface area contributed by atoms with Gasteiger partial charge in [0, 0.05) is 31.3 Å². The number of thioether (sulfide) groups is 2. The van der Waals surface area contributed by atoms with Crippen molar-refractivity contribution in [1.29, 1.82) is 0 Å². The van der Waals surface area contributed by atoms with Gasteiger partial charge < -0.3 is 27.2 Å². The Morgan fingerprint density at radius 2 is 1.95 bits per heavy atom. The molecule has 1 aromatic carbocycles. The van der Waals surface area contributed by atoms with E-state index in [9.17, 15) is 34.2 Å². The number of aromatic nitrogens is 2. The van der Waals surface area contributed by atoms with Gasteiger partial charge in [-0.25, -0.2) is 4.79 Å². The van der Waals surface area contributed by atoms with Gasteiger partial charge in [-0.3, -0.25) is 24.1 Å². The van der Waals surface area contributed by atoms with Crippen molar-refractivity contribution in [2.75, 3.05) is 23.4 Å². The number of hydrogen-bond donors (Lipinski definition) is 4. The third kappa shape index (κ3) is 7.01. The van der Waals surface area contributed by atoms with Crippen molar-refractivity contribution in [3.05, 3.63) is 52.7 Å². The number of anilines is 1. The molecule has 42 heavy (non-hydrogen) atoms. The summed E-state index contributed by atoms with van der Waals surface area (Å²) in [6.45, 7) is 2.17. The van der Waals surface area contributed by atoms with Crippen LogP contribution >= 0.6 is 34.9 Å². The van der Waals surface area contributed by atoms with Crippen LogP contribution in [0, 0.1) is 0 Å². The van der Waals surface area contributed by atoms with Crippen LogP contribution in [0.3, 0.4) is 0 Å². The van der Waals surface area contributed by atoms with E-state index in [2.05, 4.69) is 20.8 Å². The van der Waals surface area contributed by atoms with Crippen LogP contribution in [0.5, 0.6) is 5.75 Å². The molecule has 0 spiro atoms. The molecule has 1 aromatic heterocycles. The fourth-order valence-corrected chi connectivity index (χ4v) is 7.46. The first-order valence-corrected chi connectivity index (χ1v) is 15.2. The number of amides is 4. The van der Waals surface area contributed by atoms with E-state index in [0.29, 0.717) is 40.1 Å². The SMILES string of the molecule is CC(=O)Nc1nnc(SCC(=O)N[C@@H]2C(=O)N3C(C(=O)O)=C(/C=C4\CCN(Cc5ccc(O)cc5)C4=O)CS[C@H]23)s1.[H-].[Na+].